The Morgan fingerprint density at radius 3 is 2.75 bits per heavy atom. The molecular formula is C15H11ClF3N3O2. The van der Waals surface area contributed by atoms with Gasteiger partial charge >= 0.3 is 12.1 Å². The number of nitrogens with zero attached hydrogens (tertiary/aromatic N) is 2. The zero-order valence-corrected chi connectivity index (χ0v) is 13.0. The van der Waals surface area contributed by atoms with Gasteiger partial charge in [-0.15, -0.1) is 0 Å². The Hall–Kier alpha value is -2.32. The number of rotatable bonds is 3. The third-order valence-corrected chi connectivity index (χ3v) is 3.66. The molecule has 2 heterocycles. The van der Waals surface area contributed by atoms with Gasteiger partial charge in [0.05, 0.1) is 10.6 Å². The molecule has 3 rings (SSSR count). The first-order valence-corrected chi connectivity index (χ1v) is 7.17. The summed E-state index contributed by atoms with van der Waals surface area (Å²) in [5.41, 5.74) is 2.60. The molecule has 0 saturated carbocycles. The van der Waals surface area contributed by atoms with Crippen LogP contribution in [0.2, 0.25) is 5.02 Å². The molecule has 126 valence electrons. The molecule has 0 fully saturated rings. The summed E-state index contributed by atoms with van der Waals surface area (Å²) in [5, 5.41) is 0.927. The first kappa shape index (κ1) is 16.5. The summed E-state index contributed by atoms with van der Waals surface area (Å²) in [4.78, 5) is 15.5. The van der Waals surface area contributed by atoms with Crippen molar-refractivity contribution in [2.45, 2.75) is 12.4 Å². The molecule has 1 aliphatic heterocycles. The number of ether oxygens (including phenoxy) is 1. The van der Waals surface area contributed by atoms with Gasteiger partial charge in [0.2, 0.25) is 0 Å². The highest BCUT2D eigenvalue weighted by Gasteiger charge is 2.37. The van der Waals surface area contributed by atoms with E-state index < -0.39 is 23.9 Å². The molecule has 0 spiro atoms. The van der Waals surface area contributed by atoms with Gasteiger partial charge in [-0.05, 0) is 12.1 Å². The van der Waals surface area contributed by atoms with Gasteiger partial charge in [-0.25, -0.2) is 9.78 Å². The number of nitrogens with one attached hydrogen (secondary N) is 1. The van der Waals surface area contributed by atoms with Crippen LogP contribution in [0.5, 0.6) is 0 Å². The van der Waals surface area contributed by atoms with Crippen LogP contribution in [0.4, 0.5) is 19.0 Å². The molecule has 5 nitrogen and oxygen atoms in total. The number of hydrogen-bond acceptors (Lipinski definition) is 5. The summed E-state index contributed by atoms with van der Waals surface area (Å²) in [6.45, 7) is 0. The number of alkyl halides is 3. The predicted molar refractivity (Wildman–Crippen MR) is 80.4 cm³/mol. The summed E-state index contributed by atoms with van der Waals surface area (Å²) in [6.07, 6.45) is -4.43. The smallest absolute Gasteiger partial charge is 0.420 e. The number of hydrogen-bond donors (Lipinski definition) is 1. The molecule has 1 atom stereocenters. The molecule has 1 aromatic carbocycles. The van der Waals surface area contributed by atoms with E-state index >= 15 is 0 Å². The van der Waals surface area contributed by atoms with Crippen LogP contribution in [0.25, 0.3) is 0 Å². The maximum atomic E-state index is 13.2. The summed E-state index contributed by atoms with van der Waals surface area (Å²) < 4.78 is 44.6. The quantitative estimate of drug-likeness (QED) is 0.672. The lowest BCUT2D eigenvalue weighted by Gasteiger charge is -2.26. The van der Waals surface area contributed by atoms with Gasteiger partial charge in [-0.2, -0.15) is 18.6 Å². The maximum absolute atomic E-state index is 13.2. The van der Waals surface area contributed by atoms with E-state index in [1.807, 2.05) is 0 Å². The lowest BCUT2D eigenvalue weighted by Crippen LogP contribution is -2.39. The molecule has 1 N–H and O–H groups in total. The average molecular weight is 358 g/mol. The van der Waals surface area contributed by atoms with E-state index in [9.17, 15) is 18.0 Å². The number of carbonyl (C=O) groups is 1. The predicted octanol–water partition coefficient (Wildman–Crippen LogP) is 3.56. The maximum Gasteiger partial charge on any atom is 0.420 e. The van der Waals surface area contributed by atoms with E-state index in [0.717, 1.165) is 17.3 Å². The Balaban J connectivity index is 1.90. The van der Waals surface area contributed by atoms with Crippen molar-refractivity contribution in [3.63, 3.8) is 0 Å². The lowest BCUT2D eigenvalue weighted by molar-refractivity contribution is -0.137. The first-order chi connectivity index (χ1) is 11.3. The second-order valence-electron chi connectivity index (χ2n) is 5.08. The molecule has 0 bridgehead atoms. The number of esters is 1. The molecule has 1 aromatic heterocycles. The minimum Gasteiger partial charge on any atom is -0.437 e. The van der Waals surface area contributed by atoms with Crippen LogP contribution in [0.15, 0.2) is 36.5 Å². The van der Waals surface area contributed by atoms with E-state index in [1.165, 1.54) is 7.05 Å². The Bertz CT molecular complexity index is 798. The zero-order chi connectivity index (χ0) is 17.5. The highest BCUT2D eigenvalue weighted by atomic mass is 35.5. The van der Waals surface area contributed by atoms with E-state index in [-0.39, 0.29) is 10.8 Å². The standard InChI is InChI=1S/C15H11ClF3N3O2/c1-22(12-11(15(17,18)19)6-8(16)7-20-12)21-13-9-4-2-3-5-10(9)14(23)24-13/h2-7,13,21H,1H3/t13-/m1/s1. The molecule has 0 aliphatic carbocycles. The lowest BCUT2D eigenvalue weighted by atomic mass is 10.1. The second kappa shape index (κ2) is 5.95. The third kappa shape index (κ3) is 3.02. The van der Waals surface area contributed by atoms with Gasteiger partial charge in [-0.3, -0.25) is 5.01 Å². The second-order valence-corrected chi connectivity index (χ2v) is 5.52. The largest absolute Gasteiger partial charge is 0.437 e. The number of hydrazine groups is 1. The number of anilines is 1. The minimum atomic E-state index is -4.63. The average Bonchev–Trinajstić information content (AvgIpc) is 2.83. The van der Waals surface area contributed by atoms with Gasteiger partial charge in [0.25, 0.3) is 0 Å². The van der Waals surface area contributed by atoms with Crippen molar-refractivity contribution in [1.29, 1.82) is 0 Å². The Morgan fingerprint density at radius 1 is 1.33 bits per heavy atom. The van der Waals surface area contributed by atoms with Crippen molar-refractivity contribution in [2.24, 2.45) is 0 Å². The molecule has 0 amide bonds. The van der Waals surface area contributed by atoms with Crippen LogP contribution in [0.3, 0.4) is 0 Å². The van der Waals surface area contributed by atoms with Gasteiger partial charge in [0.1, 0.15) is 5.56 Å². The van der Waals surface area contributed by atoms with Gasteiger partial charge in [-0.1, -0.05) is 29.8 Å². The highest BCUT2D eigenvalue weighted by Crippen LogP contribution is 2.37. The summed E-state index contributed by atoms with van der Waals surface area (Å²) in [6, 6.07) is 7.41. The highest BCUT2D eigenvalue weighted by molar-refractivity contribution is 6.30. The van der Waals surface area contributed by atoms with Gasteiger partial charge in [0, 0.05) is 18.8 Å². The molecule has 0 radical (unpaired) electrons. The molecular weight excluding hydrogens is 347 g/mol. The van der Waals surface area contributed by atoms with Crippen LogP contribution in [0, 0.1) is 0 Å². The van der Waals surface area contributed by atoms with Crippen LogP contribution < -0.4 is 10.4 Å². The zero-order valence-electron chi connectivity index (χ0n) is 12.3. The van der Waals surface area contributed by atoms with Crippen molar-refractivity contribution < 1.29 is 22.7 Å². The van der Waals surface area contributed by atoms with Crippen molar-refractivity contribution in [1.82, 2.24) is 10.4 Å². The molecule has 9 heteroatoms. The number of benzene rings is 1. The minimum absolute atomic E-state index is 0.128. The van der Waals surface area contributed by atoms with Gasteiger partial charge < -0.3 is 4.74 Å². The number of pyridine rings is 1. The molecule has 24 heavy (non-hydrogen) atoms. The van der Waals surface area contributed by atoms with E-state index in [4.69, 9.17) is 16.3 Å². The van der Waals surface area contributed by atoms with E-state index in [0.29, 0.717) is 11.1 Å². The topological polar surface area (TPSA) is 54.5 Å². The first-order valence-electron chi connectivity index (χ1n) is 6.80. The number of halogens is 4. The van der Waals surface area contributed by atoms with Crippen LogP contribution >= 0.6 is 11.6 Å². The Morgan fingerprint density at radius 2 is 2.04 bits per heavy atom. The third-order valence-electron chi connectivity index (χ3n) is 3.46. The van der Waals surface area contributed by atoms with E-state index in [2.05, 4.69) is 10.4 Å². The molecule has 0 unspecified atom stereocenters. The molecule has 0 saturated heterocycles. The molecule has 1 aliphatic rings. The number of carbonyl (C=O) groups excluding carboxylic acids is 1. The molecule has 2 aromatic rings. The fraction of sp³-hybridized carbons (Fsp3) is 0.200. The number of aromatic nitrogens is 1. The van der Waals surface area contributed by atoms with Crippen molar-refractivity contribution in [3.05, 3.63) is 58.2 Å². The number of cyclic esters (lactones) is 1. The summed E-state index contributed by atoms with van der Waals surface area (Å²) >= 11 is 5.61. The Labute approximate surface area is 140 Å². The van der Waals surface area contributed by atoms with Crippen LogP contribution in [-0.4, -0.2) is 18.0 Å². The normalized spacial score (nSPS) is 16.7. The van der Waals surface area contributed by atoms with Crippen LogP contribution in [-0.2, 0) is 10.9 Å². The summed E-state index contributed by atoms with van der Waals surface area (Å²) in [7, 11) is 1.35. The van der Waals surface area contributed by atoms with Crippen molar-refractivity contribution in [3.8, 4) is 0 Å². The summed E-state index contributed by atoms with van der Waals surface area (Å²) in [5.74, 6) is -0.927. The monoisotopic (exact) mass is 357 g/mol. The van der Waals surface area contributed by atoms with E-state index in [1.54, 1.807) is 24.3 Å². The SMILES string of the molecule is CN(N[C@@H]1OC(=O)c2ccccc21)c1ncc(Cl)cc1C(F)(F)F. The van der Waals surface area contributed by atoms with Crippen molar-refractivity contribution >= 4 is 23.4 Å². The fourth-order valence-electron chi connectivity index (χ4n) is 2.39. The van der Waals surface area contributed by atoms with Crippen molar-refractivity contribution in [2.75, 3.05) is 12.1 Å². The van der Waals surface area contributed by atoms with Gasteiger partial charge in [0.15, 0.2) is 12.0 Å². The fourth-order valence-corrected chi connectivity index (χ4v) is 2.54. The van der Waals surface area contributed by atoms with Crippen LogP contribution in [0.1, 0.15) is 27.7 Å². The Kier molecular flexibility index (Phi) is 4.10. The number of fused-ring (bicyclic) bond motifs is 1.